The Bertz CT molecular complexity index is 1570. The molecule has 0 atom stereocenters. The van der Waals surface area contributed by atoms with Crippen LogP contribution in [0.1, 0.15) is 55.8 Å². The van der Waals surface area contributed by atoms with Crippen molar-refractivity contribution in [2.75, 3.05) is 7.11 Å². The lowest BCUT2D eigenvalue weighted by atomic mass is 9.65. The topological polar surface area (TPSA) is 104 Å². The fourth-order valence-corrected chi connectivity index (χ4v) is 5.58. The Morgan fingerprint density at radius 2 is 2.08 bits per heavy atom. The van der Waals surface area contributed by atoms with Crippen molar-refractivity contribution in [2.24, 2.45) is 0 Å². The number of carboxylic acid groups (broad SMARTS) is 1. The van der Waals surface area contributed by atoms with E-state index in [9.17, 15) is 19.6 Å². The molecule has 1 aliphatic rings. The summed E-state index contributed by atoms with van der Waals surface area (Å²) < 4.78 is 37.7. The lowest BCUT2D eigenvalue weighted by molar-refractivity contribution is -0.175. The number of aromatic amines is 1. The Morgan fingerprint density at radius 3 is 2.69 bits per heavy atom. The van der Waals surface area contributed by atoms with Gasteiger partial charge >= 0.3 is 5.97 Å². The highest BCUT2D eigenvalue weighted by Gasteiger charge is 2.53. The third kappa shape index (κ3) is 3.32. The number of halogens is 2. The number of benzene rings is 2. The van der Waals surface area contributed by atoms with E-state index in [2.05, 4.69) is 16.3 Å². The second kappa shape index (κ2) is 8.14. The highest BCUT2D eigenvalue weighted by molar-refractivity contribution is 6.00. The highest BCUT2D eigenvalue weighted by Crippen LogP contribution is 2.54. The molecule has 1 aliphatic carbocycles. The zero-order valence-electron chi connectivity index (χ0n) is 20.4. The van der Waals surface area contributed by atoms with Crippen molar-refractivity contribution >= 4 is 27.8 Å². The first-order valence-electron chi connectivity index (χ1n) is 11.7. The van der Waals surface area contributed by atoms with E-state index in [-0.39, 0.29) is 36.5 Å². The number of rotatable bonds is 6. The summed E-state index contributed by atoms with van der Waals surface area (Å²) in [5.41, 5.74) is 1.11. The minimum atomic E-state index is -1.35. The van der Waals surface area contributed by atoms with Crippen molar-refractivity contribution in [3.8, 4) is 11.8 Å². The molecule has 0 unspecified atom stereocenters. The number of hydrogen-bond acceptors (Lipinski definition) is 4. The highest BCUT2D eigenvalue weighted by atomic mass is 19.1. The summed E-state index contributed by atoms with van der Waals surface area (Å²) in [5, 5.41) is 27.1. The number of methoxy groups -OCH3 is 1. The maximum Gasteiger partial charge on any atom is 0.335 e. The standard InChI is InChI=1S/C27H26F2N4O3/c1-14-9-17(5-6-18(14)28)33-19-10-15-13-31-32-23(15)22(29)21(19)20(24(33)26(2,3)7-8-30)16-11-27(12-16,36-4)25(34)35/h5-6,9-10,13,16H,7,11-12H2,1-4H3,(H,31,32)(H,34,35)/t16-,27+. The first kappa shape index (κ1) is 23.9. The molecule has 36 heavy (non-hydrogen) atoms. The van der Waals surface area contributed by atoms with Gasteiger partial charge in [0.2, 0.25) is 0 Å². The normalized spacial score (nSPS) is 20.0. The average Bonchev–Trinajstić information content (AvgIpc) is 3.39. The van der Waals surface area contributed by atoms with Gasteiger partial charge in [0.15, 0.2) is 11.4 Å². The Labute approximate surface area is 206 Å². The maximum absolute atomic E-state index is 16.2. The molecule has 7 nitrogen and oxygen atoms in total. The molecule has 5 rings (SSSR count). The summed E-state index contributed by atoms with van der Waals surface area (Å²) in [5.74, 6) is -2.24. The van der Waals surface area contributed by atoms with E-state index in [1.165, 1.54) is 19.4 Å². The van der Waals surface area contributed by atoms with Crippen LogP contribution in [0.4, 0.5) is 8.78 Å². The van der Waals surface area contributed by atoms with E-state index in [4.69, 9.17) is 4.74 Å². The van der Waals surface area contributed by atoms with Crippen molar-refractivity contribution in [3.05, 3.63) is 58.9 Å². The van der Waals surface area contributed by atoms with E-state index in [1.807, 2.05) is 24.5 Å². The second-order valence-electron chi connectivity index (χ2n) is 10.3. The molecule has 4 aromatic rings. The van der Waals surface area contributed by atoms with E-state index in [1.54, 1.807) is 19.1 Å². The van der Waals surface area contributed by atoms with Crippen LogP contribution in [-0.4, -0.2) is 38.6 Å². The predicted octanol–water partition coefficient (Wildman–Crippen LogP) is 5.63. The summed E-state index contributed by atoms with van der Waals surface area (Å²) in [4.78, 5) is 12.0. The molecule has 186 valence electrons. The molecular formula is C27H26F2N4O3. The summed E-state index contributed by atoms with van der Waals surface area (Å²) in [6.07, 6.45) is 2.00. The summed E-state index contributed by atoms with van der Waals surface area (Å²) in [6.45, 7) is 5.48. The quantitative estimate of drug-likeness (QED) is 0.363. The molecule has 1 saturated carbocycles. The van der Waals surface area contributed by atoms with Crippen LogP contribution in [0.3, 0.4) is 0 Å². The number of nitriles is 1. The van der Waals surface area contributed by atoms with Crippen molar-refractivity contribution in [1.82, 2.24) is 14.8 Å². The van der Waals surface area contributed by atoms with E-state index < -0.39 is 22.8 Å². The largest absolute Gasteiger partial charge is 0.479 e. The summed E-state index contributed by atoms with van der Waals surface area (Å²) in [6, 6.07) is 8.76. The Balaban J connectivity index is 1.91. The van der Waals surface area contributed by atoms with E-state index in [0.717, 1.165) is 0 Å². The molecule has 9 heteroatoms. The molecule has 0 spiro atoms. The number of nitrogens with one attached hydrogen (secondary N) is 1. The summed E-state index contributed by atoms with van der Waals surface area (Å²) >= 11 is 0. The van der Waals surface area contributed by atoms with Crippen LogP contribution in [0.5, 0.6) is 0 Å². The molecule has 1 fully saturated rings. The number of nitrogens with zero attached hydrogens (tertiary/aromatic N) is 3. The number of aliphatic carboxylic acids is 1. The average molecular weight is 493 g/mol. The lowest BCUT2D eigenvalue weighted by Crippen LogP contribution is -2.51. The van der Waals surface area contributed by atoms with Crippen LogP contribution in [0, 0.1) is 29.9 Å². The molecule has 2 heterocycles. The number of carboxylic acids is 1. The van der Waals surface area contributed by atoms with Crippen LogP contribution in [0.15, 0.2) is 30.5 Å². The molecule has 0 radical (unpaired) electrons. The zero-order valence-corrected chi connectivity index (χ0v) is 20.4. The minimum absolute atomic E-state index is 0.138. The van der Waals surface area contributed by atoms with Gasteiger partial charge in [-0.3, -0.25) is 5.10 Å². The Hall–Kier alpha value is -3.77. The molecule has 2 aromatic carbocycles. The van der Waals surface area contributed by atoms with Gasteiger partial charge in [-0.25, -0.2) is 13.6 Å². The maximum atomic E-state index is 16.2. The number of fused-ring (bicyclic) bond motifs is 2. The number of H-pyrrole nitrogens is 1. The van der Waals surface area contributed by atoms with Gasteiger partial charge in [-0.15, -0.1) is 0 Å². The third-order valence-electron chi connectivity index (χ3n) is 7.55. The molecule has 0 saturated heterocycles. The molecule has 0 amide bonds. The van der Waals surface area contributed by atoms with Gasteiger partial charge < -0.3 is 14.4 Å². The predicted molar refractivity (Wildman–Crippen MR) is 130 cm³/mol. The molecular weight excluding hydrogens is 466 g/mol. The first-order valence-corrected chi connectivity index (χ1v) is 11.7. The number of aryl methyl sites for hydroxylation is 1. The van der Waals surface area contributed by atoms with Gasteiger partial charge in [0.1, 0.15) is 11.3 Å². The van der Waals surface area contributed by atoms with Gasteiger partial charge in [-0.1, -0.05) is 13.8 Å². The summed E-state index contributed by atoms with van der Waals surface area (Å²) in [7, 11) is 1.37. The van der Waals surface area contributed by atoms with Crippen molar-refractivity contribution in [1.29, 1.82) is 5.26 Å². The first-order chi connectivity index (χ1) is 17.0. The van der Waals surface area contributed by atoms with Crippen LogP contribution in [0.2, 0.25) is 0 Å². The number of aromatic nitrogens is 3. The van der Waals surface area contributed by atoms with E-state index in [0.29, 0.717) is 38.8 Å². The van der Waals surface area contributed by atoms with E-state index >= 15 is 4.39 Å². The molecule has 2 N–H and O–H groups in total. The number of hydrogen-bond donors (Lipinski definition) is 2. The monoisotopic (exact) mass is 492 g/mol. The van der Waals surface area contributed by atoms with Crippen LogP contribution < -0.4 is 0 Å². The lowest BCUT2D eigenvalue weighted by Gasteiger charge is -2.44. The zero-order chi connectivity index (χ0) is 26.0. The molecule has 2 aromatic heterocycles. The van der Waals surface area contributed by atoms with Gasteiger partial charge in [-0.2, -0.15) is 10.4 Å². The van der Waals surface area contributed by atoms with Crippen LogP contribution in [0.25, 0.3) is 27.5 Å². The fraction of sp³-hybridized carbons (Fsp3) is 0.370. The van der Waals surface area contributed by atoms with Gasteiger partial charge in [0.25, 0.3) is 0 Å². The second-order valence-corrected chi connectivity index (χ2v) is 10.3. The van der Waals surface area contributed by atoms with Gasteiger partial charge in [-0.05, 0) is 61.1 Å². The third-order valence-corrected chi connectivity index (χ3v) is 7.55. The van der Waals surface area contributed by atoms with Crippen molar-refractivity contribution in [2.45, 2.75) is 57.0 Å². The van der Waals surface area contributed by atoms with Crippen LogP contribution >= 0.6 is 0 Å². The number of ether oxygens (including phenoxy) is 1. The molecule has 0 aliphatic heterocycles. The smallest absolute Gasteiger partial charge is 0.335 e. The SMILES string of the molecule is CO[C@]1(C(=O)O)C[C@H](c2c(C(C)(C)CC#N)n(-c3ccc(F)c(C)c3)c3cc4cn[nH]c4c(F)c32)C1. The minimum Gasteiger partial charge on any atom is -0.479 e. The van der Waals surface area contributed by atoms with Gasteiger partial charge in [0, 0.05) is 41.1 Å². The van der Waals surface area contributed by atoms with Crippen molar-refractivity contribution in [3.63, 3.8) is 0 Å². The fourth-order valence-electron chi connectivity index (χ4n) is 5.58. The number of carbonyl (C=O) groups is 1. The molecule has 0 bridgehead atoms. The van der Waals surface area contributed by atoms with Gasteiger partial charge in [0.05, 0.1) is 17.8 Å². The van der Waals surface area contributed by atoms with Crippen LogP contribution in [-0.2, 0) is 14.9 Å². The Kier molecular flexibility index (Phi) is 5.41. The Morgan fingerprint density at radius 1 is 1.36 bits per heavy atom. The van der Waals surface area contributed by atoms with Crippen molar-refractivity contribution < 1.29 is 23.4 Å².